The van der Waals surface area contributed by atoms with Crippen LogP contribution in [0.5, 0.6) is 0 Å². The van der Waals surface area contributed by atoms with Gasteiger partial charge in [0, 0.05) is 39.1 Å². The van der Waals surface area contributed by atoms with Gasteiger partial charge in [-0.3, -0.25) is 5.32 Å². The first-order valence-corrected chi connectivity index (χ1v) is 10.8. The second-order valence-electron chi connectivity index (χ2n) is 6.82. The fraction of sp³-hybridized carbons (Fsp3) is 0.0435. The van der Waals surface area contributed by atoms with Crippen molar-refractivity contribution in [2.75, 3.05) is 5.32 Å². The van der Waals surface area contributed by atoms with Crippen LogP contribution in [0.1, 0.15) is 11.4 Å². The van der Waals surface area contributed by atoms with Crippen LogP contribution in [0.4, 0.5) is 10.5 Å². The maximum atomic E-state index is 11.0. The van der Waals surface area contributed by atoms with Gasteiger partial charge in [-0.15, -0.1) is 0 Å². The van der Waals surface area contributed by atoms with Gasteiger partial charge in [-0.25, -0.2) is 9.78 Å². The zero-order valence-corrected chi connectivity index (χ0v) is 19.1. The van der Waals surface area contributed by atoms with Gasteiger partial charge in [0.15, 0.2) is 0 Å². The smallest absolute Gasteiger partial charge is 0.409 e. The largest absolute Gasteiger partial charge is 0.465 e. The Bertz CT molecular complexity index is 1260. The number of nitrogens with zero attached hydrogens (tertiary/aromatic N) is 2. The number of carboxylic acid groups (broad SMARTS) is 1. The normalized spacial score (nSPS) is 10.8. The summed E-state index contributed by atoms with van der Waals surface area (Å²) in [5.41, 5.74) is 3.80. The topological polar surface area (TPSA) is 67.2 Å². The van der Waals surface area contributed by atoms with Gasteiger partial charge in [-0.2, -0.15) is 0 Å². The van der Waals surface area contributed by atoms with E-state index < -0.39 is 6.09 Å². The van der Waals surface area contributed by atoms with Crippen molar-refractivity contribution in [2.45, 2.75) is 6.42 Å². The molecule has 0 radical (unpaired) electrons. The lowest BCUT2D eigenvalue weighted by atomic mass is 10.1. The Balaban J connectivity index is 1.81. The number of amides is 1. The molecule has 1 heterocycles. The third-order valence-corrected chi connectivity index (χ3v) is 5.71. The molecule has 0 bridgehead atoms. The van der Waals surface area contributed by atoms with Crippen molar-refractivity contribution in [3.63, 3.8) is 0 Å². The highest BCUT2D eigenvalue weighted by Crippen LogP contribution is 2.31. The molecule has 31 heavy (non-hydrogen) atoms. The monoisotopic (exact) mass is 515 g/mol. The van der Waals surface area contributed by atoms with Crippen LogP contribution in [0.25, 0.3) is 16.9 Å². The van der Waals surface area contributed by atoms with Crippen molar-refractivity contribution >= 4 is 50.9 Å². The average molecular weight is 517 g/mol. The van der Waals surface area contributed by atoms with E-state index in [1.54, 1.807) is 30.3 Å². The molecule has 0 atom stereocenters. The fourth-order valence-corrected chi connectivity index (χ4v) is 4.01. The minimum absolute atomic E-state index is 0.472. The van der Waals surface area contributed by atoms with Gasteiger partial charge in [0.1, 0.15) is 5.82 Å². The number of imidazole rings is 1. The lowest BCUT2D eigenvalue weighted by Gasteiger charge is -2.10. The molecule has 2 N–H and O–H groups in total. The lowest BCUT2D eigenvalue weighted by Crippen LogP contribution is -2.08. The van der Waals surface area contributed by atoms with Crippen molar-refractivity contribution in [1.29, 1.82) is 0 Å². The van der Waals surface area contributed by atoms with Gasteiger partial charge in [-0.05, 0) is 54.1 Å². The van der Waals surface area contributed by atoms with Crippen molar-refractivity contribution in [3.05, 3.63) is 98.8 Å². The van der Waals surface area contributed by atoms with Gasteiger partial charge in [0.25, 0.3) is 0 Å². The van der Waals surface area contributed by atoms with Crippen LogP contribution >= 0.6 is 39.1 Å². The Morgan fingerprint density at radius 3 is 2.55 bits per heavy atom. The minimum atomic E-state index is -1.12. The Morgan fingerprint density at radius 2 is 1.84 bits per heavy atom. The number of rotatable bonds is 5. The molecule has 8 heteroatoms. The number of benzene rings is 3. The zero-order chi connectivity index (χ0) is 22.0. The molecule has 4 aromatic rings. The van der Waals surface area contributed by atoms with Crippen LogP contribution in [-0.2, 0) is 6.42 Å². The van der Waals surface area contributed by atoms with E-state index in [0.29, 0.717) is 27.8 Å². The summed E-state index contributed by atoms with van der Waals surface area (Å²) in [6, 6.07) is 20.5. The van der Waals surface area contributed by atoms with Crippen molar-refractivity contribution in [2.24, 2.45) is 0 Å². The Morgan fingerprint density at radius 1 is 1.06 bits per heavy atom. The highest BCUT2D eigenvalue weighted by molar-refractivity contribution is 9.10. The van der Waals surface area contributed by atoms with E-state index in [4.69, 9.17) is 33.3 Å². The van der Waals surface area contributed by atoms with E-state index in [2.05, 4.69) is 21.2 Å². The molecule has 4 rings (SSSR count). The summed E-state index contributed by atoms with van der Waals surface area (Å²) in [6.45, 7) is 0. The summed E-state index contributed by atoms with van der Waals surface area (Å²) in [4.78, 5) is 15.9. The number of aromatic nitrogens is 2. The number of anilines is 1. The summed E-state index contributed by atoms with van der Waals surface area (Å²) in [7, 11) is 0. The molecule has 0 aliphatic carbocycles. The number of nitrogens with one attached hydrogen (secondary N) is 1. The first-order chi connectivity index (χ1) is 14.9. The van der Waals surface area contributed by atoms with Crippen molar-refractivity contribution < 1.29 is 9.90 Å². The van der Waals surface area contributed by atoms with Gasteiger partial charge >= 0.3 is 6.09 Å². The Labute approximate surface area is 197 Å². The van der Waals surface area contributed by atoms with E-state index in [0.717, 1.165) is 27.1 Å². The van der Waals surface area contributed by atoms with Crippen LogP contribution in [0, 0.1) is 0 Å². The highest BCUT2D eigenvalue weighted by Gasteiger charge is 2.15. The molecule has 0 unspecified atom stereocenters. The van der Waals surface area contributed by atoms with Gasteiger partial charge < -0.3 is 9.67 Å². The average Bonchev–Trinajstić information content (AvgIpc) is 3.13. The quantitative estimate of drug-likeness (QED) is 0.292. The molecule has 0 saturated carbocycles. The summed E-state index contributed by atoms with van der Waals surface area (Å²) < 4.78 is 2.94. The summed E-state index contributed by atoms with van der Waals surface area (Å²) >= 11 is 15.9. The first kappa shape index (κ1) is 21.4. The van der Waals surface area contributed by atoms with E-state index in [1.807, 2.05) is 47.2 Å². The van der Waals surface area contributed by atoms with Crippen LogP contribution in [0.2, 0.25) is 10.0 Å². The molecule has 0 aliphatic heterocycles. The molecule has 0 spiro atoms. The molecule has 0 aliphatic rings. The highest BCUT2D eigenvalue weighted by atomic mass is 79.9. The van der Waals surface area contributed by atoms with E-state index >= 15 is 0 Å². The minimum Gasteiger partial charge on any atom is -0.465 e. The second kappa shape index (κ2) is 9.14. The third kappa shape index (κ3) is 5.10. The van der Waals surface area contributed by atoms with Crippen molar-refractivity contribution in [3.8, 4) is 16.9 Å². The summed E-state index contributed by atoms with van der Waals surface area (Å²) in [5, 5.41) is 12.5. The SMILES string of the molecule is O=C(O)Nc1cccc(-n2cc(-c3ccc(Cl)cc3Cl)nc2Cc2ccc(Br)cc2)c1. The Hall–Kier alpha value is -2.80. The number of carbonyl (C=O) groups is 1. The first-order valence-electron chi connectivity index (χ1n) is 9.27. The molecule has 156 valence electrons. The fourth-order valence-electron chi connectivity index (χ4n) is 3.24. The molecular weight excluding hydrogens is 501 g/mol. The summed E-state index contributed by atoms with van der Waals surface area (Å²) in [5.74, 6) is 0.788. The Kier molecular flexibility index (Phi) is 6.32. The van der Waals surface area contributed by atoms with Crippen LogP contribution in [0.15, 0.2) is 77.4 Å². The molecule has 5 nitrogen and oxygen atoms in total. The third-order valence-electron chi connectivity index (χ3n) is 4.64. The predicted molar refractivity (Wildman–Crippen MR) is 128 cm³/mol. The van der Waals surface area contributed by atoms with Crippen LogP contribution < -0.4 is 5.32 Å². The molecule has 1 amide bonds. The molecule has 1 aromatic heterocycles. The van der Waals surface area contributed by atoms with E-state index in [1.165, 1.54) is 0 Å². The van der Waals surface area contributed by atoms with Crippen molar-refractivity contribution in [1.82, 2.24) is 9.55 Å². The standard InChI is InChI=1S/C23H16BrCl2N3O2/c24-15-6-4-14(5-7-15)10-22-28-21(19-9-8-16(25)11-20(19)26)13-29(22)18-3-1-2-17(12-18)27-23(30)31/h1-9,11-13,27H,10H2,(H,30,31). The molecule has 0 saturated heterocycles. The lowest BCUT2D eigenvalue weighted by molar-refractivity contribution is 0.210. The van der Waals surface area contributed by atoms with E-state index in [-0.39, 0.29) is 0 Å². The van der Waals surface area contributed by atoms with Crippen LogP contribution in [-0.4, -0.2) is 20.8 Å². The van der Waals surface area contributed by atoms with Crippen LogP contribution in [0.3, 0.4) is 0 Å². The number of halogens is 3. The van der Waals surface area contributed by atoms with Gasteiger partial charge in [-0.1, -0.05) is 57.3 Å². The zero-order valence-electron chi connectivity index (χ0n) is 16.0. The predicted octanol–water partition coefficient (Wildman–Crippen LogP) is 7.29. The number of hydrogen-bond donors (Lipinski definition) is 2. The molecule has 3 aromatic carbocycles. The van der Waals surface area contributed by atoms with Gasteiger partial charge in [0.05, 0.1) is 10.7 Å². The maximum Gasteiger partial charge on any atom is 0.409 e. The number of hydrogen-bond acceptors (Lipinski definition) is 2. The second-order valence-corrected chi connectivity index (χ2v) is 8.58. The summed E-state index contributed by atoms with van der Waals surface area (Å²) in [6.07, 6.45) is 1.35. The van der Waals surface area contributed by atoms with E-state index in [9.17, 15) is 4.79 Å². The van der Waals surface area contributed by atoms with Gasteiger partial charge in [0.2, 0.25) is 0 Å². The maximum absolute atomic E-state index is 11.0. The molecular formula is C23H16BrCl2N3O2. The molecule has 0 fully saturated rings.